The fraction of sp³-hybridized carbons (Fsp3) is 1.00. The predicted molar refractivity (Wildman–Crippen MR) is 70.3 cm³/mol. The van der Waals surface area contributed by atoms with Crippen molar-refractivity contribution < 1.29 is 14.3 Å². The van der Waals surface area contributed by atoms with Crippen molar-refractivity contribution in [2.45, 2.75) is 58.4 Å². The molecule has 0 rings (SSSR count). The van der Waals surface area contributed by atoms with Crippen LogP contribution in [0.4, 0.5) is 0 Å². The lowest BCUT2D eigenvalue weighted by Gasteiger charge is -2.36. The molecule has 4 heteroatoms. The molecule has 0 fully saturated rings. The van der Waals surface area contributed by atoms with Crippen LogP contribution in [0.1, 0.15) is 34.1 Å². The lowest BCUT2D eigenvalue weighted by atomic mass is 10.2. The summed E-state index contributed by atoms with van der Waals surface area (Å²) in [4.78, 5) is 0. The molecule has 0 bridgehead atoms. The molecule has 0 aliphatic carbocycles. The fourth-order valence-corrected chi connectivity index (χ4v) is 1.95. The Morgan fingerprint density at radius 2 is 1.69 bits per heavy atom. The van der Waals surface area contributed by atoms with Crippen LogP contribution in [0.3, 0.4) is 0 Å². The van der Waals surface area contributed by atoms with Crippen LogP contribution < -0.4 is 0 Å². The summed E-state index contributed by atoms with van der Waals surface area (Å²) in [6, 6.07) is 0. The molecule has 0 radical (unpaired) electrons. The second-order valence-electron chi connectivity index (χ2n) is 5.86. The molecule has 0 aliphatic rings. The number of aliphatic hydroxyl groups excluding tert-OH is 1. The van der Waals surface area contributed by atoms with Gasteiger partial charge in [0.15, 0.2) is 8.32 Å². The summed E-state index contributed by atoms with van der Waals surface area (Å²) in [6.45, 7) is 14.8. The van der Waals surface area contributed by atoms with Gasteiger partial charge in [0.05, 0.1) is 19.3 Å². The van der Waals surface area contributed by atoms with Crippen molar-refractivity contribution >= 4 is 8.32 Å². The van der Waals surface area contributed by atoms with E-state index in [2.05, 4.69) is 33.9 Å². The SMILES string of the molecule is C[C@@H](O)CCOCCO[Si](C)(C)C(C)(C)C. The Labute approximate surface area is 101 Å². The van der Waals surface area contributed by atoms with Crippen molar-refractivity contribution in [3.63, 3.8) is 0 Å². The Balaban J connectivity index is 3.59. The molecule has 16 heavy (non-hydrogen) atoms. The van der Waals surface area contributed by atoms with Crippen molar-refractivity contribution in [1.82, 2.24) is 0 Å². The van der Waals surface area contributed by atoms with Crippen LogP contribution in [-0.2, 0) is 9.16 Å². The van der Waals surface area contributed by atoms with E-state index in [1.807, 2.05) is 0 Å². The summed E-state index contributed by atoms with van der Waals surface area (Å²) >= 11 is 0. The van der Waals surface area contributed by atoms with Crippen LogP contribution >= 0.6 is 0 Å². The van der Waals surface area contributed by atoms with Crippen molar-refractivity contribution in [1.29, 1.82) is 0 Å². The minimum absolute atomic E-state index is 0.257. The number of ether oxygens (including phenoxy) is 1. The molecule has 0 aromatic carbocycles. The summed E-state index contributed by atoms with van der Waals surface area (Å²) < 4.78 is 11.3. The molecule has 0 heterocycles. The Morgan fingerprint density at radius 1 is 1.12 bits per heavy atom. The standard InChI is InChI=1S/C12H28O3Si/c1-11(13)7-8-14-9-10-15-16(5,6)12(2,3)4/h11,13H,7-10H2,1-6H3/t11-/m1/s1. The van der Waals surface area contributed by atoms with E-state index in [9.17, 15) is 0 Å². The first-order valence-electron chi connectivity index (χ1n) is 6.06. The molecule has 0 saturated heterocycles. The minimum Gasteiger partial charge on any atom is -0.414 e. The minimum atomic E-state index is -1.62. The summed E-state index contributed by atoms with van der Waals surface area (Å²) in [7, 11) is -1.62. The first-order valence-corrected chi connectivity index (χ1v) is 8.97. The zero-order valence-electron chi connectivity index (χ0n) is 11.7. The smallest absolute Gasteiger partial charge is 0.192 e. The van der Waals surface area contributed by atoms with Gasteiger partial charge < -0.3 is 14.3 Å². The molecule has 0 aromatic rings. The first-order chi connectivity index (χ1) is 7.17. The zero-order valence-corrected chi connectivity index (χ0v) is 12.7. The van der Waals surface area contributed by atoms with Gasteiger partial charge in [-0.05, 0) is 31.5 Å². The average Bonchev–Trinajstić information content (AvgIpc) is 2.08. The normalized spacial score (nSPS) is 15.2. The van der Waals surface area contributed by atoms with E-state index in [0.717, 1.165) is 0 Å². The number of hydrogen-bond acceptors (Lipinski definition) is 3. The largest absolute Gasteiger partial charge is 0.414 e. The molecule has 0 aromatic heterocycles. The number of rotatable bonds is 7. The van der Waals surface area contributed by atoms with Crippen molar-refractivity contribution in [3.05, 3.63) is 0 Å². The quantitative estimate of drug-likeness (QED) is 0.556. The van der Waals surface area contributed by atoms with Gasteiger partial charge >= 0.3 is 0 Å². The molecule has 0 amide bonds. The summed E-state index contributed by atoms with van der Waals surface area (Å²) in [5, 5.41) is 9.30. The third-order valence-corrected chi connectivity index (χ3v) is 7.71. The van der Waals surface area contributed by atoms with Gasteiger partial charge in [0, 0.05) is 6.61 Å². The molecule has 98 valence electrons. The summed E-state index contributed by atoms with van der Waals surface area (Å²) in [6.07, 6.45) is 0.418. The summed E-state index contributed by atoms with van der Waals surface area (Å²) in [5.41, 5.74) is 0. The molecule has 3 nitrogen and oxygen atoms in total. The maximum atomic E-state index is 9.04. The molecular weight excluding hydrogens is 220 g/mol. The number of hydrogen-bond donors (Lipinski definition) is 1. The van der Waals surface area contributed by atoms with Crippen molar-refractivity contribution in [2.24, 2.45) is 0 Å². The van der Waals surface area contributed by atoms with E-state index >= 15 is 0 Å². The second kappa shape index (κ2) is 6.74. The van der Waals surface area contributed by atoms with Gasteiger partial charge in [-0.3, -0.25) is 0 Å². The van der Waals surface area contributed by atoms with Gasteiger partial charge in [0.1, 0.15) is 0 Å². The van der Waals surface area contributed by atoms with Gasteiger partial charge in [-0.15, -0.1) is 0 Å². The van der Waals surface area contributed by atoms with E-state index < -0.39 is 8.32 Å². The first kappa shape index (κ1) is 16.1. The summed E-state index contributed by atoms with van der Waals surface area (Å²) in [5.74, 6) is 0. The van der Waals surface area contributed by atoms with Crippen molar-refractivity contribution in [2.75, 3.05) is 19.8 Å². The lowest BCUT2D eigenvalue weighted by Crippen LogP contribution is -2.41. The van der Waals surface area contributed by atoms with Crippen LogP contribution in [0.2, 0.25) is 18.1 Å². The highest BCUT2D eigenvalue weighted by Crippen LogP contribution is 2.36. The van der Waals surface area contributed by atoms with Crippen LogP contribution in [0, 0.1) is 0 Å². The van der Waals surface area contributed by atoms with Crippen LogP contribution in [0.5, 0.6) is 0 Å². The highest BCUT2D eigenvalue weighted by Gasteiger charge is 2.36. The Kier molecular flexibility index (Phi) is 6.78. The van der Waals surface area contributed by atoms with Crippen LogP contribution in [0.15, 0.2) is 0 Å². The second-order valence-corrected chi connectivity index (χ2v) is 10.7. The fourth-order valence-electron chi connectivity index (χ4n) is 0.928. The average molecular weight is 248 g/mol. The maximum Gasteiger partial charge on any atom is 0.192 e. The van der Waals surface area contributed by atoms with E-state index in [4.69, 9.17) is 14.3 Å². The van der Waals surface area contributed by atoms with E-state index in [1.165, 1.54) is 0 Å². The monoisotopic (exact) mass is 248 g/mol. The van der Waals surface area contributed by atoms with E-state index in [-0.39, 0.29) is 11.1 Å². The Morgan fingerprint density at radius 3 is 2.12 bits per heavy atom. The van der Waals surface area contributed by atoms with Gasteiger partial charge in [-0.2, -0.15) is 0 Å². The maximum absolute atomic E-state index is 9.04. The number of aliphatic hydroxyl groups is 1. The molecule has 0 spiro atoms. The van der Waals surface area contributed by atoms with Crippen molar-refractivity contribution in [3.8, 4) is 0 Å². The highest BCUT2D eigenvalue weighted by atomic mass is 28.4. The predicted octanol–water partition coefficient (Wildman–Crippen LogP) is 2.80. The van der Waals surface area contributed by atoms with E-state index in [0.29, 0.717) is 26.2 Å². The highest BCUT2D eigenvalue weighted by molar-refractivity contribution is 6.74. The molecule has 0 aliphatic heterocycles. The third kappa shape index (κ3) is 6.63. The van der Waals surface area contributed by atoms with Gasteiger partial charge in [0.25, 0.3) is 0 Å². The van der Waals surface area contributed by atoms with Gasteiger partial charge in [-0.25, -0.2) is 0 Å². The molecular formula is C12H28O3Si. The molecule has 1 atom stereocenters. The third-order valence-electron chi connectivity index (χ3n) is 3.18. The zero-order chi connectivity index (χ0) is 12.8. The molecule has 0 unspecified atom stereocenters. The Hall–Kier alpha value is 0.0969. The van der Waals surface area contributed by atoms with Crippen LogP contribution in [0.25, 0.3) is 0 Å². The molecule has 1 N–H and O–H groups in total. The van der Waals surface area contributed by atoms with Gasteiger partial charge in [0.2, 0.25) is 0 Å². The topological polar surface area (TPSA) is 38.7 Å². The van der Waals surface area contributed by atoms with Gasteiger partial charge in [-0.1, -0.05) is 20.8 Å². The Bertz CT molecular complexity index is 185. The van der Waals surface area contributed by atoms with Crippen LogP contribution in [-0.4, -0.2) is 39.3 Å². The molecule has 0 saturated carbocycles. The lowest BCUT2D eigenvalue weighted by molar-refractivity contribution is 0.0675. The van der Waals surface area contributed by atoms with E-state index in [1.54, 1.807) is 6.92 Å².